The third-order valence-corrected chi connectivity index (χ3v) is 5.16. The summed E-state index contributed by atoms with van der Waals surface area (Å²) in [6, 6.07) is 6.02. The number of aromatic nitrogens is 1. The molecule has 1 aliphatic heterocycles. The van der Waals surface area contributed by atoms with E-state index in [1.165, 1.54) is 0 Å². The Morgan fingerprint density at radius 1 is 1.30 bits per heavy atom. The number of nitrogens with zero attached hydrogens (tertiary/aromatic N) is 2. The van der Waals surface area contributed by atoms with E-state index in [1.54, 1.807) is 0 Å². The van der Waals surface area contributed by atoms with Gasteiger partial charge in [-0.05, 0) is 37.4 Å². The Hall–Kier alpha value is -1.49. The second-order valence-electron chi connectivity index (χ2n) is 5.57. The lowest BCUT2D eigenvalue weighted by atomic mass is 10.0. The van der Waals surface area contributed by atoms with E-state index in [2.05, 4.69) is 46.7 Å². The van der Waals surface area contributed by atoms with Crippen molar-refractivity contribution in [2.75, 3.05) is 24.1 Å². The molecule has 0 aliphatic carbocycles. The van der Waals surface area contributed by atoms with Crippen LogP contribution in [0.1, 0.15) is 13.8 Å². The molecule has 4 nitrogen and oxygen atoms in total. The molecule has 0 atom stereocenters. The van der Waals surface area contributed by atoms with Crippen molar-refractivity contribution in [2.24, 2.45) is 0 Å². The highest BCUT2D eigenvalue weighted by atomic mass is 79.9. The number of rotatable bonds is 3. The monoisotopic (exact) mass is 336 g/mol. The van der Waals surface area contributed by atoms with Gasteiger partial charge in [0, 0.05) is 29.5 Å². The second kappa shape index (κ2) is 4.81. The van der Waals surface area contributed by atoms with Gasteiger partial charge in [-0.25, -0.2) is 4.98 Å². The first-order valence-corrected chi connectivity index (χ1v) is 7.63. The number of ether oxygens (including phenoxy) is 2. The number of pyridine rings is 1. The molecular formula is C15H17BrN2O2. The van der Waals surface area contributed by atoms with Crippen molar-refractivity contribution in [3.63, 3.8) is 0 Å². The Kier molecular flexibility index (Phi) is 3.24. The molecule has 0 saturated heterocycles. The molecule has 1 aromatic heterocycles. The minimum Gasteiger partial charge on any atom is -0.454 e. The third-order valence-electron chi connectivity index (χ3n) is 3.79. The summed E-state index contributed by atoms with van der Waals surface area (Å²) in [6.07, 6.45) is 1.83. The zero-order valence-electron chi connectivity index (χ0n) is 11.8. The van der Waals surface area contributed by atoms with Crippen molar-refractivity contribution < 1.29 is 9.47 Å². The molecule has 0 bridgehead atoms. The number of halogens is 1. The van der Waals surface area contributed by atoms with E-state index in [4.69, 9.17) is 9.47 Å². The number of benzene rings is 1. The standard InChI is InChI=1S/C15H17BrN2O2/c1-15(2,8-16)18(3)14-11-7-13-12(19-9-20-13)6-10(11)4-5-17-14/h4-7H,8-9H2,1-3H3. The minimum atomic E-state index is -0.0301. The zero-order valence-corrected chi connectivity index (χ0v) is 13.4. The topological polar surface area (TPSA) is 34.6 Å². The largest absolute Gasteiger partial charge is 0.454 e. The number of hydrogen-bond donors (Lipinski definition) is 0. The molecule has 0 N–H and O–H groups in total. The van der Waals surface area contributed by atoms with Crippen molar-refractivity contribution in [1.82, 2.24) is 4.98 Å². The van der Waals surface area contributed by atoms with Gasteiger partial charge < -0.3 is 14.4 Å². The fraction of sp³-hybridized carbons (Fsp3) is 0.400. The molecule has 3 rings (SSSR count). The Morgan fingerprint density at radius 2 is 2.00 bits per heavy atom. The van der Waals surface area contributed by atoms with Crippen LogP contribution in [-0.2, 0) is 0 Å². The number of alkyl halides is 1. The first kappa shape index (κ1) is 13.5. The lowest BCUT2D eigenvalue weighted by molar-refractivity contribution is 0.174. The summed E-state index contributed by atoms with van der Waals surface area (Å²) in [5.74, 6) is 2.54. The van der Waals surface area contributed by atoms with Crippen LogP contribution >= 0.6 is 15.9 Å². The van der Waals surface area contributed by atoms with Crippen molar-refractivity contribution in [1.29, 1.82) is 0 Å². The van der Waals surface area contributed by atoms with Crippen molar-refractivity contribution in [2.45, 2.75) is 19.4 Å². The van der Waals surface area contributed by atoms with Crippen LogP contribution in [0.5, 0.6) is 11.5 Å². The van der Waals surface area contributed by atoms with E-state index in [-0.39, 0.29) is 12.3 Å². The van der Waals surface area contributed by atoms with Crippen LogP contribution in [0.4, 0.5) is 5.82 Å². The zero-order chi connectivity index (χ0) is 14.3. The van der Waals surface area contributed by atoms with Gasteiger partial charge in [0.15, 0.2) is 11.5 Å². The highest BCUT2D eigenvalue weighted by Crippen LogP contribution is 2.39. The first-order chi connectivity index (χ1) is 9.53. The molecule has 106 valence electrons. The molecule has 5 heteroatoms. The van der Waals surface area contributed by atoms with Gasteiger partial charge in [0.05, 0.1) is 0 Å². The van der Waals surface area contributed by atoms with E-state index in [0.717, 1.165) is 33.4 Å². The van der Waals surface area contributed by atoms with Crippen LogP contribution < -0.4 is 14.4 Å². The maximum atomic E-state index is 5.48. The molecule has 1 aromatic carbocycles. The fourth-order valence-electron chi connectivity index (χ4n) is 2.19. The van der Waals surface area contributed by atoms with Crippen LogP contribution in [0, 0.1) is 0 Å². The summed E-state index contributed by atoms with van der Waals surface area (Å²) < 4.78 is 10.9. The molecule has 0 fully saturated rings. The number of anilines is 1. The van der Waals surface area contributed by atoms with Gasteiger partial charge in [-0.1, -0.05) is 15.9 Å². The average molecular weight is 337 g/mol. The number of fused-ring (bicyclic) bond motifs is 2. The molecule has 2 aromatic rings. The molecule has 0 unspecified atom stereocenters. The van der Waals surface area contributed by atoms with Gasteiger partial charge in [-0.3, -0.25) is 0 Å². The van der Waals surface area contributed by atoms with Crippen molar-refractivity contribution in [3.05, 3.63) is 24.4 Å². The number of hydrogen-bond acceptors (Lipinski definition) is 4. The fourth-order valence-corrected chi connectivity index (χ4v) is 2.57. The summed E-state index contributed by atoms with van der Waals surface area (Å²) in [6.45, 7) is 4.64. The van der Waals surface area contributed by atoms with Gasteiger partial charge in [0.25, 0.3) is 0 Å². The Labute approximate surface area is 126 Å². The molecule has 2 heterocycles. The predicted octanol–water partition coefficient (Wildman–Crippen LogP) is 3.57. The van der Waals surface area contributed by atoms with E-state index in [0.29, 0.717) is 0 Å². The van der Waals surface area contributed by atoms with Crippen LogP contribution in [0.2, 0.25) is 0 Å². The lowest BCUT2D eigenvalue weighted by Gasteiger charge is -2.35. The van der Waals surface area contributed by atoms with E-state index in [9.17, 15) is 0 Å². The highest BCUT2D eigenvalue weighted by molar-refractivity contribution is 9.09. The molecule has 0 spiro atoms. The predicted molar refractivity (Wildman–Crippen MR) is 84.1 cm³/mol. The Morgan fingerprint density at radius 3 is 2.70 bits per heavy atom. The van der Waals surface area contributed by atoms with Crippen molar-refractivity contribution >= 4 is 32.5 Å². The summed E-state index contributed by atoms with van der Waals surface area (Å²) in [7, 11) is 2.06. The third kappa shape index (κ3) is 2.10. The summed E-state index contributed by atoms with van der Waals surface area (Å²) in [5.41, 5.74) is -0.0301. The molecular weight excluding hydrogens is 320 g/mol. The maximum absolute atomic E-state index is 5.48. The van der Waals surface area contributed by atoms with E-state index < -0.39 is 0 Å². The summed E-state index contributed by atoms with van der Waals surface area (Å²) in [5, 5.41) is 3.05. The average Bonchev–Trinajstić information content (AvgIpc) is 2.90. The van der Waals surface area contributed by atoms with E-state index in [1.807, 2.05) is 24.4 Å². The molecule has 1 aliphatic rings. The Balaban J connectivity index is 2.16. The lowest BCUT2D eigenvalue weighted by Crippen LogP contribution is -2.43. The van der Waals surface area contributed by atoms with Gasteiger partial charge >= 0.3 is 0 Å². The van der Waals surface area contributed by atoms with Crippen LogP contribution in [0.25, 0.3) is 10.8 Å². The van der Waals surface area contributed by atoms with Crippen LogP contribution in [0.3, 0.4) is 0 Å². The first-order valence-electron chi connectivity index (χ1n) is 6.51. The molecule has 20 heavy (non-hydrogen) atoms. The van der Waals surface area contributed by atoms with Gasteiger partial charge in [0.1, 0.15) is 5.82 Å². The summed E-state index contributed by atoms with van der Waals surface area (Å²) >= 11 is 3.57. The van der Waals surface area contributed by atoms with Crippen molar-refractivity contribution in [3.8, 4) is 11.5 Å². The SMILES string of the molecule is CN(c1nccc2cc3c(cc12)OCO3)C(C)(C)CBr. The molecule has 0 saturated carbocycles. The molecule has 0 amide bonds. The second-order valence-corrected chi connectivity index (χ2v) is 6.13. The minimum absolute atomic E-state index is 0.0301. The van der Waals surface area contributed by atoms with Crippen LogP contribution in [-0.4, -0.2) is 29.7 Å². The highest BCUT2D eigenvalue weighted by Gasteiger charge is 2.25. The summed E-state index contributed by atoms with van der Waals surface area (Å²) in [4.78, 5) is 6.74. The maximum Gasteiger partial charge on any atom is 0.231 e. The van der Waals surface area contributed by atoms with Gasteiger partial charge in [0.2, 0.25) is 6.79 Å². The normalized spacial score (nSPS) is 13.8. The molecule has 0 radical (unpaired) electrons. The quantitative estimate of drug-likeness (QED) is 0.802. The van der Waals surface area contributed by atoms with E-state index >= 15 is 0 Å². The Bertz CT molecular complexity index is 658. The van der Waals surface area contributed by atoms with Gasteiger partial charge in [-0.15, -0.1) is 0 Å². The van der Waals surface area contributed by atoms with Gasteiger partial charge in [-0.2, -0.15) is 0 Å². The van der Waals surface area contributed by atoms with Crippen LogP contribution in [0.15, 0.2) is 24.4 Å². The smallest absolute Gasteiger partial charge is 0.231 e.